The smallest absolute Gasteiger partial charge is 0.225 e. The van der Waals surface area contributed by atoms with Gasteiger partial charge in [0.25, 0.3) is 0 Å². The molecule has 0 radical (unpaired) electrons. The lowest BCUT2D eigenvalue weighted by atomic mass is 9.92. The van der Waals surface area contributed by atoms with Crippen LogP contribution in [0.1, 0.15) is 55.4 Å². The normalized spacial score (nSPS) is 25.8. The first-order valence-corrected chi connectivity index (χ1v) is 11.8. The van der Waals surface area contributed by atoms with Crippen LogP contribution in [0, 0.1) is 0 Å². The lowest BCUT2D eigenvalue weighted by Gasteiger charge is -2.32. The molecule has 1 unspecified atom stereocenters. The van der Waals surface area contributed by atoms with E-state index in [0.29, 0.717) is 18.1 Å². The molecule has 0 N–H and O–H groups in total. The molecular weight excluding hydrogens is 362 g/mol. The van der Waals surface area contributed by atoms with E-state index in [1.54, 1.807) is 6.33 Å². The molecule has 1 fully saturated rings. The van der Waals surface area contributed by atoms with Gasteiger partial charge in [0.05, 0.1) is 5.39 Å². The second kappa shape index (κ2) is 8.03. The monoisotopic (exact) mass is 391 g/mol. The molecule has 0 saturated heterocycles. The van der Waals surface area contributed by atoms with Crippen molar-refractivity contribution < 1.29 is 4.74 Å². The van der Waals surface area contributed by atoms with E-state index in [2.05, 4.69) is 35.9 Å². The van der Waals surface area contributed by atoms with Gasteiger partial charge in [-0.05, 0) is 69.9 Å². The second-order valence-electron chi connectivity index (χ2n) is 7.70. The van der Waals surface area contributed by atoms with Crippen molar-refractivity contribution in [2.45, 2.75) is 63.5 Å². The third kappa shape index (κ3) is 3.60. The lowest BCUT2D eigenvalue weighted by Crippen LogP contribution is -2.35. The Labute approximate surface area is 164 Å². The average molecular weight is 392 g/mol. The van der Waals surface area contributed by atoms with E-state index in [1.807, 2.05) is 23.1 Å². The molecule has 6 heteroatoms. The number of ether oxygens (including phenoxy) is 1. The van der Waals surface area contributed by atoms with Gasteiger partial charge in [-0.25, -0.2) is 9.97 Å². The third-order valence-electron chi connectivity index (χ3n) is 5.87. The van der Waals surface area contributed by atoms with Crippen LogP contribution in [-0.2, 0) is 6.42 Å². The number of hydrogen-bond acceptors (Lipinski definition) is 6. The summed E-state index contributed by atoms with van der Waals surface area (Å²) in [5.41, 5.74) is 1.50. The highest BCUT2D eigenvalue weighted by Gasteiger charge is 2.31. The average Bonchev–Trinajstić information content (AvgIpc) is 3.20. The molecule has 2 aromatic rings. The minimum Gasteiger partial charge on any atom is -0.474 e. The zero-order valence-electron chi connectivity index (χ0n) is 16.0. The molecule has 2 heterocycles. The zero-order valence-corrected chi connectivity index (χ0v) is 17.7. The Morgan fingerprint density at radius 3 is 2.73 bits per heavy atom. The molecule has 0 aliphatic heterocycles. The van der Waals surface area contributed by atoms with Gasteiger partial charge in [0.15, 0.2) is 0 Å². The lowest BCUT2D eigenvalue weighted by molar-refractivity contribution is 0.108. The SMILES string of the molecule is CCSCC1CCc2sc3ncnc(O[C@H]4CC[C@H](N(C)C)CC4)c3c21. The molecule has 142 valence electrons. The maximum Gasteiger partial charge on any atom is 0.225 e. The van der Waals surface area contributed by atoms with E-state index in [1.165, 1.54) is 53.0 Å². The minimum atomic E-state index is 0.296. The van der Waals surface area contributed by atoms with Crippen LogP contribution in [0.15, 0.2) is 6.33 Å². The molecule has 1 atom stereocenters. The zero-order chi connectivity index (χ0) is 18.1. The second-order valence-corrected chi connectivity index (χ2v) is 10.1. The molecule has 1 saturated carbocycles. The summed E-state index contributed by atoms with van der Waals surface area (Å²) in [6, 6.07) is 0.695. The summed E-state index contributed by atoms with van der Waals surface area (Å²) in [6.07, 6.45) is 9.11. The first-order chi connectivity index (χ1) is 12.7. The Balaban J connectivity index is 1.56. The van der Waals surface area contributed by atoms with Crippen molar-refractivity contribution >= 4 is 33.3 Å². The summed E-state index contributed by atoms with van der Waals surface area (Å²) in [6.45, 7) is 2.24. The molecule has 0 amide bonds. The molecule has 2 aliphatic rings. The number of hydrogen-bond donors (Lipinski definition) is 0. The van der Waals surface area contributed by atoms with Crippen LogP contribution in [0.25, 0.3) is 10.2 Å². The predicted octanol–water partition coefficient (Wildman–Crippen LogP) is 4.73. The Hall–Kier alpha value is -0.850. The van der Waals surface area contributed by atoms with Crippen molar-refractivity contribution in [3.8, 4) is 5.88 Å². The van der Waals surface area contributed by atoms with E-state index < -0.39 is 0 Å². The van der Waals surface area contributed by atoms with Crippen LogP contribution in [0.4, 0.5) is 0 Å². The number of thiophene rings is 1. The molecular formula is C20H29N3OS2. The molecule has 4 nitrogen and oxygen atoms in total. The van der Waals surface area contributed by atoms with Gasteiger partial charge >= 0.3 is 0 Å². The third-order valence-corrected chi connectivity index (χ3v) is 8.09. The summed E-state index contributed by atoms with van der Waals surface area (Å²) in [5.74, 6) is 3.87. The number of thioether (sulfide) groups is 1. The van der Waals surface area contributed by atoms with Crippen LogP contribution >= 0.6 is 23.1 Å². The molecule has 0 aromatic carbocycles. The molecule has 2 aromatic heterocycles. The summed E-state index contributed by atoms with van der Waals surface area (Å²) >= 11 is 3.90. The number of fused-ring (bicyclic) bond motifs is 3. The molecule has 2 aliphatic carbocycles. The van der Waals surface area contributed by atoms with Gasteiger partial charge in [0.1, 0.15) is 17.3 Å². The van der Waals surface area contributed by atoms with Crippen LogP contribution in [-0.4, -0.2) is 52.6 Å². The van der Waals surface area contributed by atoms with Crippen molar-refractivity contribution in [1.82, 2.24) is 14.9 Å². The summed E-state index contributed by atoms with van der Waals surface area (Å²) < 4.78 is 6.46. The molecule has 0 spiro atoms. The van der Waals surface area contributed by atoms with Crippen LogP contribution < -0.4 is 4.74 Å². The van der Waals surface area contributed by atoms with Gasteiger partial charge in [-0.3, -0.25) is 0 Å². The van der Waals surface area contributed by atoms with Crippen LogP contribution in [0.3, 0.4) is 0 Å². The quantitative estimate of drug-likeness (QED) is 0.712. The maximum absolute atomic E-state index is 6.46. The summed E-state index contributed by atoms with van der Waals surface area (Å²) in [7, 11) is 4.37. The topological polar surface area (TPSA) is 38.3 Å². The minimum absolute atomic E-state index is 0.296. The van der Waals surface area contributed by atoms with Crippen molar-refractivity contribution in [2.75, 3.05) is 25.6 Å². The van der Waals surface area contributed by atoms with E-state index in [9.17, 15) is 0 Å². The Bertz CT molecular complexity index is 753. The van der Waals surface area contributed by atoms with Gasteiger partial charge in [-0.1, -0.05) is 6.92 Å². The van der Waals surface area contributed by atoms with Gasteiger partial charge in [-0.2, -0.15) is 11.8 Å². The van der Waals surface area contributed by atoms with E-state index >= 15 is 0 Å². The van der Waals surface area contributed by atoms with Crippen molar-refractivity contribution in [3.63, 3.8) is 0 Å². The number of aromatic nitrogens is 2. The molecule has 0 bridgehead atoms. The van der Waals surface area contributed by atoms with Crippen LogP contribution in [0.2, 0.25) is 0 Å². The van der Waals surface area contributed by atoms with Gasteiger partial charge in [0, 0.05) is 16.7 Å². The molecule has 26 heavy (non-hydrogen) atoms. The van der Waals surface area contributed by atoms with Gasteiger partial charge < -0.3 is 9.64 Å². The summed E-state index contributed by atoms with van der Waals surface area (Å²) in [4.78, 5) is 14.1. The van der Waals surface area contributed by atoms with Crippen molar-refractivity contribution in [3.05, 3.63) is 16.8 Å². The number of nitrogens with zero attached hydrogens (tertiary/aromatic N) is 3. The molecule has 4 rings (SSSR count). The van der Waals surface area contributed by atoms with E-state index in [-0.39, 0.29) is 0 Å². The Morgan fingerprint density at radius 2 is 2.00 bits per heavy atom. The summed E-state index contributed by atoms with van der Waals surface area (Å²) in [5, 5.41) is 1.22. The van der Waals surface area contributed by atoms with Crippen molar-refractivity contribution in [2.24, 2.45) is 0 Å². The fraction of sp³-hybridized carbons (Fsp3) is 0.700. The van der Waals surface area contributed by atoms with E-state index in [0.717, 1.165) is 23.6 Å². The first kappa shape index (κ1) is 18.5. The highest BCUT2D eigenvalue weighted by Crippen LogP contribution is 2.47. The van der Waals surface area contributed by atoms with Crippen LogP contribution in [0.5, 0.6) is 5.88 Å². The number of rotatable bonds is 6. The predicted molar refractivity (Wildman–Crippen MR) is 112 cm³/mol. The van der Waals surface area contributed by atoms with Gasteiger partial charge in [0.2, 0.25) is 5.88 Å². The fourth-order valence-electron chi connectivity index (χ4n) is 4.39. The highest BCUT2D eigenvalue weighted by molar-refractivity contribution is 7.99. The number of aryl methyl sites for hydroxylation is 1. The Morgan fingerprint density at radius 1 is 1.19 bits per heavy atom. The van der Waals surface area contributed by atoms with Gasteiger partial charge in [-0.15, -0.1) is 11.3 Å². The highest BCUT2D eigenvalue weighted by atomic mass is 32.2. The standard InChI is InChI=1S/C20H29N3OS2/c1-4-25-11-13-5-10-16-17(13)18-19(21-12-22-20(18)26-16)24-15-8-6-14(7-9-15)23(2)3/h12-15H,4-11H2,1-3H3/t13?,14-,15-. The maximum atomic E-state index is 6.46. The first-order valence-electron chi connectivity index (χ1n) is 9.84. The van der Waals surface area contributed by atoms with E-state index in [4.69, 9.17) is 4.74 Å². The fourth-order valence-corrected chi connectivity index (χ4v) is 6.48. The largest absolute Gasteiger partial charge is 0.474 e. The van der Waals surface area contributed by atoms with Crippen molar-refractivity contribution in [1.29, 1.82) is 0 Å². The Kier molecular flexibility index (Phi) is 5.72.